The molecule has 21 heavy (non-hydrogen) atoms. The highest BCUT2D eigenvalue weighted by Crippen LogP contribution is 2.24. The van der Waals surface area contributed by atoms with Gasteiger partial charge in [-0.1, -0.05) is 17.7 Å². The van der Waals surface area contributed by atoms with Crippen LogP contribution in [0.3, 0.4) is 0 Å². The third-order valence-corrected chi connectivity index (χ3v) is 4.63. The molecule has 0 spiro atoms. The third kappa shape index (κ3) is 4.57. The van der Waals surface area contributed by atoms with Crippen LogP contribution in [0.2, 0.25) is 0 Å². The Morgan fingerprint density at radius 1 is 1.19 bits per heavy atom. The van der Waals surface area contributed by atoms with Crippen molar-refractivity contribution in [2.75, 3.05) is 13.1 Å². The fraction of sp³-hybridized carbons (Fsp3) is 0.611. The van der Waals surface area contributed by atoms with Gasteiger partial charge in [0.25, 0.3) is 0 Å². The second-order valence-electron chi connectivity index (χ2n) is 6.55. The van der Waals surface area contributed by atoms with Crippen LogP contribution in [0.25, 0.3) is 0 Å². The molecule has 1 heterocycles. The molecule has 0 saturated carbocycles. The minimum atomic E-state index is -0.654. The van der Waals surface area contributed by atoms with Gasteiger partial charge in [-0.25, -0.2) is 0 Å². The first-order chi connectivity index (χ1) is 9.95. The molecular weight excluding hydrogens is 262 g/mol. The van der Waals surface area contributed by atoms with E-state index in [0.717, 1.165) is 38.9 Å². The molecule has 1 unspecified atom stereocenters. The SMILES string of the molecule is Cc1cc(C)c(CN2CCCC(CC(=O)O)CC2)c(C)c1. The second kappa shape index (κ2) is 7.08. The van der Waals surface area contributed by atoms with Crippen LogP contribution >= 0.6 is 0 Å². The van der Waals surface area contributed by atoms with Gasteiger partial charge in [-0.3, -0.25) is 9.69 Å². The summed E-state index contributed by atoms with van der Waals surface area (Å²) in [6.07, 6.45) is 3.50. The first-order valence-electron chi connectivity index (χ1n) is 7.96. The van der Waals surface area contributed by atoms with Crippen molar-refractivity contribution in [3.63, 3.8) is 0 Å². The van der Waals surface area contributed by atoms with E-state index in [1.807, 2.05) is 0 Å². The maximum absolute atomic E-state index is 10.9. The van der Waals surface area contributed by atoms with E-state index in [1.54, 1.807) is 0 Å². The predicted molar refractivity (Wildman–Crippen MR) is 85.5 cm³/mol. The van der Waals surface area contributed by atoms with Crippen molar-refractivity contribution >= 4 is 5.97 Å². The number of hydrogen-bond donors (Lipinski definition) is 1. The summed E-state index contributed by atoms with van der Waals surface area (Å²) in [6.45, 7) is 9.64. The van der Waals surface area contributed by atoms with Crippen molar-refractivity contribution in [3.8, 4) is 0 Å². The summed E-state index contributed by atoms with van der Waals surface area (Å²) in [5.74, 6) is -0.300. The van der Waals surface area contributed by atoms with Gasteiger partial charge in [-0.15, -0.1) is 0 Å². The number of benzene rings is 1. The summed E-state index contributed by atoms with van der Waals surface area (Å²) in [4.78, 5) is 13.4. The molecule has 1 aromatic rings. The number of likely N-dealkylation sites (tertiary alicyclic amines) is 1. The van der Waals surface area contributed by atoms with E-state index in [2.05, 4.69) is 37.8 Å². The Labute approximate surface area is 128 Å². The average molecular weight is 289 g/mol. The van der Waals surface area contributed by atoms with E-state index in [9.17, 15) is 4.79 Å². The Bertz CT molecular complexity index is 487. The standard InChI is InChI=1S/C18H27NO2/c1-13-9-14(2)17(15(3)10-13)12-19-7-4-5-16(6-8-19)11-18(20)21/h9-10,16H,4-8,11-12H2,1-3H3,(H,20,21). The normalized spacial score (nSPS) is 20.2. The van der Waals surface area contributed by atoms with Crippen LogP contribution in [0.4, 0.5) is 0 Å². The Hall–Kier alpha value is -1.35. The van der Waals surface area contributed by atoms with Gasteiger partial charge in [0.05, 0.1) is 0 Å². The third-order valence-electron chi connectivity index (χ3n) is 4.63. The number of hydrogen-bond acceptors (Lipinski definition) is 2. The molecule has 1 aliphatic rings. The molecule has 0 radical (unpaired) electrons. The first kappa shape index (κ1) is 16.0. The number of nitrogens with zero attached hydrogens (tertiary/aromatic N) is 1. The number of rotatable bonds is 4. The summed E-state index contributed by atoms with van der Waals surface area (Å²) in [7, 11) is 0. The highest BCUT2D eigenvalue weighted by Gasteiger charge is 2.20. The van der Waals surface area contributed by atoms with Crippen molar-refractivity contribution in [2.45, 2.75) is 53.0 Å². The van der Waals surface area contributed by atoms with Crippen LogP contribution in [0.15, 0.2) is 12.1 Å². The molecule has 1 saturated heterocycles. The fourth-order valence-corrected chi connectivity index (χ4v) is 3.52. The van der Waals surface area contributed by atoms with Gasteiger partial charge in [0.15, 0.2) is 0 Å². The van der Waals surface area contributed by atoms with Gasteiger partial charge in [-0.05, 0) is 75.7 Å². The zero-order valence-corrected chi connectivity index (χ0v) is 13.5. The molecule has 1 fully saturated rings. The molecule has 3 heteroatoms. The van der Waals surface area contributed by atoms with Crippen LogP contribution < -0.4 is 0 Å². The summed E-state index contributed by atoms with van der Waals surface area (Å²) < 4.78 is 0. The van der Waals surface area contributed by atoms with Gasteiger partial charge >= 0.3 is 5.97 Å². The van der Waals surface area contributed by atoms with E-state index in [-0.39, 0.29) is 0 Å². The Balaban J connectivity index is 1.99. The quantitative estimate of drug-likeness (QED) is 0.919. The van der Waals surface area contributed by atoms with Gasteiger partial charge in [0, 0.05) is 13.0 Å². The zero-order valence-electron chi connectivity index (χ0n) is 13.5. The summed E-state index contributed by atoms with van der Waals surface area (Å²) in [5, 5.41) is 8.94. The Morgan fingerprint density at radius 2 is 1.86 bits per heavy atom. The maximum atomic E-state index is 10.9. The van der Waals surface area contributed by atoms with Crippen LogP contribution in [-0.4, -0.2) is 29.1 Å². The van der Waals surface area contributed by atoms with Crippen molar-refractivity contribution in [1.29, 1.82) is 0 Å². The molecular formula is C18H27NO2. The highest BCUT2D eigenvalue weighted by molar-refractivity contribution is 5.67. The zero-order chi connectivity index (χ0) is 15.4. The topological polar surface area (TPSA) is 40.5 Å². The molecule has 3 nitrogen and oxygen atoms in total. The lowest BCUT2D eigenvalue weighted by molar-refractivity contribution is -0.138. The second-order valence-corrected chi connectivity index (χ2v) is 6.55. The molecule has 1 atom stereocenters. The maximum Gasteiger partial charge on any atom is 0.303 e. The number of carboxylic acids is 1. The van der Waals surface area contributed by atoms with E-state index >= 15 is 0 Å². The summed E-state index contributed by atoms with van der Waals surface area (Å²) in [6, 6.07) is 4.51. The Kier molecular flexibility index (Phi) is 5.40. The monoisotopic (exact) mass is 289 g/mol. The predicted octanol–water partition coefficient (Wildman–Crippen LogP) is 3.69. The molecule has 0 amide bonds. The van der Waals surface area contributed by atoms with E-state index in [0.29, 0.717) is 12.3 Å². The molecule has 1 N–H and O–H groups in total. The number of carboxylic acid groups (broad SMARTS) is 1. The minimum absolute atomic E-state index is 0.330. The van der Waals surface area contributed by atoms with E-state index in [1.165, 1.54) is 22.3 Å². The lowest BCUT2D eigenvalue weighted by Gasteiger charge is -2.23. The van der Waals surface area contributed by atoms with Crippen molar-refractivity contribution in [2.24, 2.45) is 5.92 Å². The molecule has 1 aromatic carbocycles. The number of aliphatic carboxylic acids is 1. The lowest BCUT2D eigenvalue weighted by Crippen LogP contribution is -2.25. The van der Waals surface area contributed by atoms with Gasteiger partial charge in [-0.2, -0.15) is 0 Å². The first-order valence-corrected chi connectivity index (χ1v) is 7.96. The molecule has 2 rings (SSSR count). The van der Waals surface area contributed by atoms with Crippen LogP contribution in [-0.2, 0) is 11.3 Å². The van der Waals surface area contributed by atoms with Crippen LogP contribution in [0, 0.1) is 26.7 Å². The number of aryl methyl sites for hydroxylation is 3. The summed E-state index contributed by atoms with van der Waals surface area (Å²) >= 11 is 0. The smallest absolute Gasteiger partial charge is 0.303 e. The number of carbonyl (C=O) groups is 1. The molecule has 0 aliphatic carbocycles. The molecule has 1 aliphatic heterocycles. The van der Waals surface area contributed by atoms with Gasteiger partial charge in [0.2, 0.25) is 0 Å². The highest BCUT2D eigenvalue weighted by atomic mass is 16.4. The Morgan fingerprint density at radius 3 is 2.48 bits per heavy atom. The molecule has 0 aromatic heterocycles. The van der Waals surface area contributed by atoms with Crippen molar-refractivity contribution < 1.29 is 9.90 Å². The average Bonchev–Trinajstić information content (AvgIpc) is 2.58. The molecule has 0 bridgehead atoms. The molecule has 116 valence electrons. The van der Waals surface area contributed by atoms with E-state index in [4.69, 9.17) is 5.11 Å². The lowest BCUT2D eigenvalue weighted by atomic mass is 9.97. The van der Waals surface area contributed by atoms with Crippen LogP contribution in [0.1, 0.15) is 47.9 Å². The summed E-state index contributed by atoms with van der Waals surface area (Å²) in [5.41, 5.74) is 5.51. The van der Waals surface area contributed by atoms with E-state index < -0.39 is 5.97 Å². The van der Waals surface area contributed by atoms with Crippen LogP contribution in [0.5, 0.6) is 0 Å². The fourth-order valence-electron chi connectivity index (χ4n) is 3.52. The minimum Gasteiger partial charge on any atom is -0.481 e. The van der Waals surface area contributed by atoms with Crippen molar-refractivity contribution in [1.82, 2.24) is 4.90 Å². The van der Waals surface area contributed by atoms with Gasteiger partial charge in [0.1, 0.15) is 0 Å². The van der Waals surface area contributed by atoms with Crippen molar-refractivity contribution in [3.05, 3.63) is 34.4 Å². The van der Waals surface area contributed by atoms with Gasteiger partial charge < -0.3 is 5.11 Å². The largest absolute Gasteiger partial charge is 0.481 e.